The summed E-state index contributed by atoms with van der Waals surface area (Å²) < 4.78 is 0. The Kier molecular flexibility index (Phi) is 4.30. The van der Waals surface area contributed by atoms with Crippen LogP contribution in [0.1, 0.15) is 0 Å². The summed E-state index contributed by atoms with van der Waals surface area (Å²) in [6.45, 7) is 0. The van der Waals surface area contributed by atoms with Crippen LogP contribution in [0.5, 0.6) is 0 Å². The van der Waals surface area contributed by atoms with Crippen molar-refractivity contribution in [3.05, 3.63) is 122 Å². The fraction of sp³-hybridized carbons (Fsp3) is 0. The predicted octanol–water partition coefficient (Wildman–Crippen LogP) is 8.86. The van der Waals surface area contributed by atoms with E-state index in [1.807, 2.05) is 30.6 Å². The lowest BCUT2D eigenvalue weighted by atomic mass is 9.97. The van der Waals surface area contributed by atoms with E-state index in [2.05, 4.69) is 96.0 Å². The van der Waals surface area contributed by atoms with E-state index in [1.54, 1.807) is 0 Å². The van der Waals surface area contributed by atoms with Gasteiger partial charge in [-0.15, -0.1) is 0 Å². The highest BCUT2D eigenvalue weighted by Crippen LogP contribution is 2.51. The number of pyridine rings is 2. The van der Waals surface area contributed by atoms with E-state index in [-0.39, 0.29) is 0 Å². The quantitative estimate of drug-likeness (QED) is 0.219. The molecule has 0 N–H and O–H groups in total. The molecule has 184 valence electrons. The minimum absolute atomic E-state index is 0.694. The van der Waals surface area contributed by atoms with E-state index >= 15 is 0 Å². The van der Waals surface area contributed by atoms with Crippen LogP contribution < -0.4 is 0 Å². The van der Waals surface area contributed by atoms with Crippen LogP contribution in [0.2, 0.25) is 0 Å². The fourth-order valence-electron chi connectivity index (χ4n) is 6.32. The molecule has 5 aromatic carbocycles. The lowest BCUT2D eigenvalue weighted by Crippen LogP contribution is -1.95. The molecule has 4 heteroatoms. The van der Waals surface area contributed by atoms with Crippen molar-refractivity contribution in [1.29, 1.82) is 0 Å². The maximum atomic E-state index is 5.04. The Labute approximate surface area is 229 Å². The summed E-state index contributed by atoms with van der Waals surface area (Å²) in [5.41, 5.74) is 9.53. The summed E-state index contributed by atoms with van der Waals surface area (Å²) in [6, 6.07) is 38.3. The topological polar surface area (TPSA) is 51.6 Å². The molecule has 3 heterocycles. The summed E-state index contributed by atoms with van der Waals surface area (Å²) in [6.07, 6.45) is 3.64. The van der Waals surface area contributed by atoms with Crippen LogP contribution in [-0.2, 0) is 0 Å². The molecule has 3 aromatic heterocycles. The van der Waals surface area contributed by atoms with Crippen LogP contribution in [0.3, 0.4) is 0 Å². The first-order valence-electron chi connectivity index (χ1n) is 13.4. The van der Waals surface area contributed by atoms with Crippen molar-refractivity contribution >= 4 is 43.4 Å². The molecule has 0 amide bonds. The fourth-order valence-corrected chi connectivity index (χ4v) is 6.32. The molecule has 40 heavy (non-hydrogen) atoms. The van der Waals surface area contributed by atoms with E-state index in [9.17, 15) is 0 Å². The van der Waals surface area contributed by atoms with Crippen molar-refractivity contribution in [3.8, 4) is 45.0 Å². The third kappa shape index (κ3) is 2.96. The maximum Gasteiger partial charge on any atom is 0.160 e. The van der Waals surface area contributed by atoms with E-state index in [1.165, 1.54) is 38.4 Å². The molecule has 9 rings (SSSR count). The first kappa shape index (κ1) is 21.5. The largest absolute Gasteiger partial charge is 0.254 e. The highest BCUT2D eigenvalue weighted by molar-refractivity contribution is 6.23. The summed E-state index contributed by atoms with van der Waals surface area (Å²) in [7, 11) is 0. The molecule has 0 spiro atoms. The molecule has 0 aliphatic heterocycles. The van der Waals surface area contributed by atoms with Crippen LogP contribution >= 0.6 is 0 Å². The van der Waals surface area contributed by atoms with Crippen molar-refractivity contribution in [1.82, 2.24) is 19.9 Å². The molecule has 0 saturated carbocycles. The zero-order valence-electron chi connectivity index (χ0n) is 21.3. The number of hydrogen-bond acceptors (Lipinski definition) is 4. The molecular weight excluding hydrogens is 488 g/mol. The van der Waals surface area contributed by atoms with Gasteiger partial charge in [0.2, 0.25) is 0 Å². The number of hydrogen-bond donors (Lipinski definition) is 0. The van der Waals surface area contributed by atoms with Crippen LogP contribution in [0.4, 0.5) is 0 Å². The summed E-state index contributed by atoms with van der Waals surface area (Å²) >= 11 is 0. The van der Waals surface area contributed by atoms with Gasteiger partial charge in [-0.1, -0.05) is 84.9 Å². The molecule has 0 bridgehead atoms. The normalized spacial score (nSPS) is 12.0. The van der Waals surface area contributed by atoms with Crippen molar-refractivity contribution in [3.63, 3.8) is 0 Å². The van der Waals surface area contributed by atoms with Gasteiger partial charge in [-0.25, -0.2) is 15.0 Å². The zero-order chi connectivity index (χ0) is 26.2. The predicted molar refractivity (Wildman–Crippen MR) is 163 cm³/mol. The van der Waals surface area contributed by atoms with Gasteiger partial charge in [0.25, 0.3) is 0 Å². The van der Waals surface area contributed by atoms with Crippen molar-refractivity contribution in [2.45, 2.75) is 0 Å². The Morgan fingerprint density at radius 2 is 1.15 bits per heavy atom. The Morgan fingerprint density at radius 1 is 0.400 bits per heavy atom. The Hall–Kier alpha value is -5.48. The van der Waals surface area contributed by atoms with Crippen LogP contribution in [0, 0.1) is 0 Å². The number of rotatable bonds is 2. The minimum atomic E-state index is 0.694. The summed E-state index contributed by atoms with van der Waals surface area (Å²) in [4.78, 5) is 19.4. The second kappa shape index (κ2) is 8.01. The molecule has 8 aromatic rings. The van der Waals surface area contributed by atoms with Crippen LogP contribution in [-0.4, -0.2) is 19.9 Å². The van der Waals surface area contributed by atoms with E-state index < -0.39 is 0 Å². The molecule has 1 aliphatic rings. The molecule has 0 fully saturated rings. The van der Waals surface area contributed by atoms with Crippen LogP contribution in [0.25, 0.3) is 88.4 Å². The van der Waals surface area contributed by atoms with E-state index in [0.717, 1.165) is 44.1 Å². The van der Waals surface area contributed by atoms with Gasteiger partial charge in [-0.2, -0.15) is 0 Å². The number of aromatic nitrogens is 4. The first-order valence-corrected chi connectivity index (χ1v) is 13.4. The molecule has 0 atom stereocenters. The van der Waals surface area contributed by atoms with Gasteiger partial charge in [0, 0.05) is 28.7 Å². The van der Waals surface area contributed by atoms with Gasteiger partial charge in [-0.3, -0.25) is 4.98 Å². The van der Waals surface area contributed by atoms with Gasteiger partial charge in [0.05, 0.1) is 22.4 Å². The zero-order valence-corrected chi connectivity index (χ0v) is 21.3. The molecule has 1 aliphatic carbocycles. The van der Waals surface area contributed by atoms with Gasteiger partial charge >= 0.3 is 0 Å². The van der Waals surface area contributed by atoms with Crippen LogP contribution in [0.15, 0.2) is 122 Å². The van der Waals surface area contributed by atoms with Gasteiger partial charge in [-0.05, 0) is 68.1 Å². The van der Waals surface area contributed by atoms with Gasteiger partial charge in [0.15, 0.2) is 5.82 Å². The standard InChI is InChI=1S/C36H20N4/c1-2-7-24-21(5-1)12-14-26-27-15-16-28(25-8-3-9-29(32(24)26)33(25)27)36-38-20-18-31(40-36)30-17-13-23-11-10-22-6-4-19-37-34(22)35(23)39-30/h1-20H. The second-order valence-electron chi connectivity index (χ2n) is 10.3. The molecule has 0 radical (unpaired) electrons. The number of fused-ring (bicyclic) bond motifs is 8. The third-order valence-electron chi connectivity index (χ3n) is 8.12. The second-order valence-corrected chi connectivity index (χ2v) is 10.3. The van der Waals surface area contributed by atoms with Crippen molar-refractivity contribution in [2.75, 3.05) is 0 Å². The number of benzene rings is 5. The van der Waals surface area contributed by atoms with Gasteiger partial charge in [0.1, 0.15) is 0 Å². The molecule has 0 saturated heterocycles. The van der Waals surface area contributed by atoms with Crippen molar-refractivity contribution in [2.24, 2.45) is 0 Å². The molecule has 4 nitrogen and oxygen atoms in total. The number of nitrogens with zero attached hydrogens (tertiary/aromatic N) is 4. The summed E-state index contributed by atoms with van der Waals surface area (Å²) in [5, 5.41) is 7.10. The van der Waals surface area contributed by atoms with E-state index in [0.29, 0.717) is 5.82 Å². The lowest BCUT2D eigenvalue weighted by Gasteiger charge is -2.10. The summed E-state index contributed by atoms with van der Waals surface area (Å²) in [5.74, 6) is 0.694. The average Bonchev–Trinajstić information content (AvgIpc) is 3.36. The average molecular weight is 509 g/mol. The lowest BCUT2D eigenvalue weighted by molar-refractivity contribution is 1.17. The molecule has 0 unspecified atom stereocenters. The Morgan fingerprint density at radius 3 is 2.12 bits per heavy atom. The monoisotopic (exact) mass is 508 g/mol. The smallest absolute Gasteiger partial charge is 0.160 e. The maximum absolute atomic E-state index is 5.04. The highest BCUT2D eigenvalue weighted by Gasteiger charge is 2.25. The third-order valence-corrected chi connectivity index (χ3v) is 8.12. The Bertz CT molecular complexity index is 2340. The SMILES string of the molecule is c1ccc2c3c(ccc2c1)-c1ccc(-c2nccc(-c4ccc5ccc6cccnc6c5n4)n2)c2cccc-3c12. The Balaban J connectivity index is 1.23. The molecular formula is C36H20N4. The first-order chi connectivity index (χ1) is 19.8. The minimum Gasteiger partial charge on any atom is -0.254 e. The van der Waals surface area contributed by atoms with Crippen molar-refractivity contribution < 1.29 is 0 Å². The van der Waals surface area contributed by atoms with E-state index in [4.69, 9.17) is 15.0 Å². The highest BCUT2D eigenvalue weighted by atomic mass is 14.9. The van der Waals surface area contributed by atoms with Gasteiger partial charge < -0.3 is 0 Å².